The number of benzene rings is 1. The topological polar surface area (TPSA) is 96.9 Å². The van der Waals surface area contributed by atoms with Crippen LogP contribution in [-0.4, -0.2) is 49.6 Å². The summed E-state index contributed by atoms with van der Waals surface area (Å²) < 4.78 is 10.6. The third kappa shape index (κ3) is 5.05. The maximum absolute atomic E-state index is 11.8. The van der Waals surface area contributed by atoms with Crippen LogP contribution in [0.3, 0.4) is 0 Å². The molecule has 1 unspecified atom stereocenters. The molecule has 2 rings (SSSR count). The first kappa shape index (κ1) is 15.3. The van der Waals surface area contributed by atoms with Crippen molar-refractivity contribution in [1.82, 2.24) is 5.32 Å². The summed E-state index contributed by atoms with van der Waals surface area (Å²) in [6, 6.07) is 6.40. The van der Waals surface area contributed by atoms with Gasteiger partial charge in [-0.25, -0.2) is 4.79 Å². The summed E-state index contributed by atoms with van der Waals surface area (Å²) in [7, 11) is 0. The number of ether oxygens (including phenoxy) is 2. The van der Waals surface area contributed by atoms with Gasteiger partial charge in [-0.15, -0.1) is 0 Å². The van der Waals surface area contributed by atoms with Gasteiger partial charge in [0.2, 0.25) is 0 Å². The quantitative estimate of drug-likeness (QED) is 0.748. The molecule has 1 saturated heterocycles. The largest absolute Gasteiger partial charge is 0.481 e. The lowest BCUT2D eigenvalue weighted by molar-refractivity contribution is -0.136. The molecule has 2 amide bonds. The van der Waals surface area contributed by atoms with E-state index in [0.29, 0.717) is 37.6 Å². The SMILES string of the molecule is O=C(O)Cc1ccccc1NC(=O)NCC1COCCO1. The molecule has 0 aliphatic carbocycles. The summed E-state index contributed by atoms with van der Waals surface area (Å²) in [6.45, 7) is 1.89. The summed E-state index contributed by atoms with van der Waals surface area (Å²) >= 11 is 0. The molecule has 0 spiro atoms. The molecule has 1 aliphatic heterocycles. The molecule has 1 aromatic rings. The minimum Gasteiger partial charge on any atom is -0.481 e. The minimum atomic E-state index is -0.947. The number of aliphatic carboxylic acids is 1. The molecule has 0 saturated carbocycles. The zero-order valence-corrected chi connectivity index (χ0v) is 11.5. The van der Waals surface area contributed by atoms with E-state index in [0.717, 1.165) is 0 Å². The van der Waals surface area contributed by atoms with Crippen molar-refractivity contribution in [3.63, 3.8) is 0 Å². The number of amides is 2. The lowest BCUT2D eigenvalue weighted by Crippen LogP contribution is -2.41. The molecular weight excluding hydrogens is 276 g/mol. The van der Waals surface area contributed by atoms with Gasteiger partial charge in [0.15, 0.2) is 0 Å². The van der Waals surface area contributed by atoms with Crippen LogP contribution in [0.5, 0.6) is 0 Å². The van der Waals surface area contributed by atoms with Crippen molar-refractivity contribution < 1.29 is 24.2 Å². The Hall–Kier alpha value is -2.12. The van der Waals surface area contributed by atoms with E-state index >= 15 is 0 Å². The van der Waals surface area contributed by atoms with Gasteiger partial charge >= 0.3 is 12.0 Å². The van der Waals surface area contributed by atoms with Gasteiger partial charge in [-0.2, -0.15) is 0 Å². The number of carboxylic acids is 1. The highest BCUT2D eigenvalue weighted by Crippen LogP contribution is 2.15. The number of carboxylic acid groups (broad SMARTS) is 1. The van der Waals surface area contributed by atoms with Crippen LogP contribution in [0.25, 0.3) is 0 Å². The highest BCUT2D eigenvalue weighted by atomic mass is 16.6. The first-order valence-electron chi connectivity index (χ1n) is 6.69. The summed E-state index contributed by atoms with van der Waals surface area (Å²) in [5, 5.41) is 14.2. The van der Waals surface area contributed by atoms with E-state index < -0.39 is 12.0 Å². The molecular formula is C14H18N2O5. The van der Waals surface area contributed by atoms with Gasteiger partial charge in [-0.3, -0.25) is 4.79 Å². The van der Waals surface area contributed by atoms with Crippen LogP contribution in [0.15, 0.2) is 24.3 Å². The molecule has 1 heterocycles. The number of carbonyl (C=O) groups is 2. The molecule has 21 heavy (non-hydrogen) atoms. The zero-order valence-electron chi connectivity index (χ0n) is 11.5. The fraction of sp³-hybridized carbons (Fsp3) is 0.429. The Morgan fingerprint density at radius 3 is 2.81 bits per heavy atom. The third-order valence-corrected chi connectivity index (χ3v) is 2.98. The number of rotatable bonds is 5. The molecule has 114 valence electrons. The smallest absolute Gasteiger partial charge is 0.319 e. The van der Waals surface area contributed by atoms with Crippen LogP contribution >= 0.6 is 0 Å². The molecule has 7 heteroatoms. The number of carbonyl (C=O) groups excluding carboxylic acids is 1. The first-order chi connectivity index (χ1) is 10.1. The summed E-state index contributed by atoms with van der Waals surface area (Å²) in [5.41, 5.74) is 1.04. The molecule has 1 fully saturated rings. The Labute approximate surface area is 122 Å². The molecule has 1 aliphatic rings. The van der Waals surface area contributed by atoms with Crippen molar-refractivity contribution in [2.45, 2.75) is 12.5 Å². The van der Waals surface area contributed by atoms with E-state index in [-0.39, 0.29) is 12.5 Å². The van der Waals surface area contributed by atoms with Gasteiger partial charge in [0.25, 0.3) is 0 Å². The molecule has 0 radical (unpaired) electrons. The van der Waals surface area contributed by atoms with E-state index in [9.17, 15) is 9.59 Å². The first-order valence-corrected chi connectivity index (χ1v) is 6.69. The van der Waals surface area contributed by atoms with E-state index in [2.05, 4.69) is 10.6 Å². The Kier molecular flexibility index (Phi) is 5.53. The average Bonchev–Trinajstić information content (AvgIpc) is 2.48. The maximum Gasteiger partial charge on any atom is 0.319 e. The lowest BCUT2D eigenvalue weighted by Gasteiger charge is -2.23. The van der Waals surface area contributed by atoms with Crippen LogP contribution in [-0.2, 0) is 20.7 Å². The molecule has 1 aromatic carbocycles. The predicted octanol–water partition coefficient (Wildman–Crippen LogP) is 0.851. The normalized spacial score (nSPS) is 18.0. The van der Waals surface area contributed by atoms with Crippen molar-refractivity contribution in [3.8, 4) is 0 Å². The Morgan fingerprint density at radius 2 is 2.10 bits per heavy atom. The van der Waals surface area contributed by atoms with Crippen molar-refractivity contribution in [3.05, 3.63) is 29.8 Å². The van der Waals surface area contributed by atoms with E-state index in [1.807, 2.05) is 0 Å². The average molecular weight is 294 g/mol. The minimum absolute atomic E-state index is 0.143. The fourth-order valence-corrected chi connectivity index (χ4v) is 1.99. The predicted molar refractivity (Wildman–Crippen MR) is 75.4 cm³/mol. The second-order valence-corrected chi connectivity index (χ2v) is 4.63. The number of anilines is 1. The number of nitrogens with one attached hydrogen (secondary N) is 2. The van der Waals surface area contributed by atoms with Crippen LogP contribution < -0.4 is 10.6 Å². The molecule has 1 atom stereocenters. The van der Waals surface area contributed by atoms with Crippen LogP contribution in [0.1, 0.15) is 5.56 Å². The van der Waals surface area contributed by atoms with E-state index in [1.54, 1.807) is 24.3 Å². The Bertz CT molecular complexity index is 500. The monoisotopic (exact) mass is 294 g/mol. The molecule has 0 aromatic heterocycles. The second-order valence-electron chi connectivity index (χ2n) is 4.63. The van der Waals surface area contributed by atoms with Gasteiger partial charge < -0.3 is 25.2 Å². The summed E-state index contributed by atoms with van der Waals surface area (Å²) in [4.78, 5) is 22.6. The number of hydrogen-bond acceptors (Lipinski definition) is 4. The van der Waals surface area contributed by atoms with Crippen molar-refractivity contribution in [2.75, 3.05) is 31.7 Å². The van der Waals surface area contributed by atoms with Crippen molar-refractivity contribution in [1.29, 1.82) is 0 Å². The van der Waals surface area contributed by atoms with Gasteiger partial charge in [0, 0.05) is 12.2 Å². The molecule has 3 N–H and O–H groups in total. The fourth-order valence-electron chi connectivity index (χ4n) is 1.99. The van der Waals surface area contributed by atoms with Crippen LogP contribution in [0.2, 0.25) is 0 Å². The van der Waals surface area contributed by atoms with E-state index in [1.165, 1.54) is 0 Å². The Morgan fingerprint density at radius 1 is 1.29 bits per heavy atom. The Balaban J connectivity index is 1.85. The van der Waals surface area contributed by atoms with Gasteiger partial charge in [-0.1, -0.05) is 18.2 Å². The number of hydrogen-bond donors (Lipinski definition) is 3. The van der Waals surface area contributed by atoms with Crippen LogP contribution in [0.4, 0.5) is 10.5 Å². The van der Waals surface area contributed by atoms with Crippen molar-refractivity contribution >= 4 is 17.7 Å². The summed E-state index contributed by atoms with van der Waals surface area (Å²) in [5.74, 6) is -0.947. The molecule has 7 nitrogen and oxygen atoms in total. The van der Waals surface area contributed by atoms with Gasteiger partial charge in [-0.05, 0) is 11.6 Å². The van der Waals surface area contributed by atoms with E-state index in [4.69, 9.17) is 14.6 Å². The number of urea groups is 1. The highest BCUT2D eigenvalue weighted by Gasteiger charge is 2.15. The van der Waals surface area contributed by atoms with Gasteiger partial charge in [0.05, 0.1) is 32.3 Å². The standard InChI is InChI=1S/C14H18N2O5/c17-13(18)7-10-3-1-2-4-12(10)16-14(19)15-8-11-9-20-5-6-21-11/h1-4,11H,5-9H2,(H,17,18)(H2,15,16,19). The number of para-hydroxylation sites is 1. The second kappa shape index (κ2) is 7.61. The van der Waals surface area contributed by atoms with Crippen LogP contribution in [0, 0.1) is 0 Å². The molecule has 0 bridgehead atoms. The summed E-state index contributed by atoms with van der Waals surface area (Å²) in [6.07, 6.45) is -0.297. The van der Waals surface area contributed by atoms with Gasteiger partial charge in [0.1, 0.15) is 0 Å². The zero-order chi connectivity index (χ0) is 15.1. The third-order valence-electron chi connectivity index (χ3n) is 2.98. The van der Waals surface area contributed by atoms with Crippen molar-refractivity contribution in [2.24, 2.45) is 0 Å². The lowest BCUT2D eigenvalue weighted by atomic mass is 10.1. The highest BCUT2D eigenvalue weighted by molar-refractivity contribution is 5.90. The maximum atomic E-state index is 11.8.